The van der Waals surface area contributed by atoms with Crippen molar-refractivity contribution in [3.63, 3.8) is 0 Å². The highest BCUT2D eigenvalue weighted by Gasteiger charge is 1.93. The summed E-state index contributed by atoms with van der Waals surface area (Å²) in [5, 5.41) is 4.36. The van der Waals surface area contributed by atoms with E-state index in [1.54, 1.807) is 11.3 Å². The first-order valence-electron chi connectivity index (χ1n) is 3.42. The molecule has 0 saturated carbocycles. The Hall–Kier alpha value is -1.08. The summed E-state index contributed by atoms with van der Waals surface area (Å²) in [7, 11) is 0. The zero-order chi connectivity index (χ0) is 7.68. The maximum Gasteiger partial charge on any atom is 0.0455 e. The summed E-state index contributed by atoms with van der Waals surface area (Å²) >= 11 is 1.64. The van der Waals surface area contributed by atoms with Crippen LogP contribution in [0.1, 0.15) is 5.56 Å². The van der Waals surface area contributed by atoms with Crippen LogP contribution in [0, 0.1) is 5.38 Å². The van der Waals surface area contributed by atoms with E-state index in [0.717, 1.165) is 0 Å². The van der Waals surface area contributed by atoms with Gasteiger partial charge >= 0.3 is 0 Å². The lowest BCUT2D eigenvalue weighted by Gasteiger charge is -1.91. The van der Waals surface area contributed by atoms with Crippen molar-refractivity contribution in [2.45, 2.75) is 0 Å². The highest BCUT2D eigenvalue weighted by atomic mass is 32.1. The van der Waals surface area contributed by atoms with Crippen molar-refractivity contribution < 1.29 is 0 Å². The van der Waals surface area contributed by atoms with Crippen LogP contribution in [0.4, 0.5) is 0 Å². The summed E-state index contributed by atoms with van der Waals surface area (Å²) < 4.78 is 1.28. The van der Waals surface area contributed by atoms with Crippen LogP contribution < -0.4 is 0 Å². The van der Waals surface area contributed by atoms with Crippen LogP contribution in [0.15, 0.2) is 30.8 Å². The molecule has 0 nitrogen and oxygen atoms in total. The van der Waals surface area contributed by atoms with Gasteiger partial charge in [0.1, 0.15) is 0 Å². The summed E-state index contributed by atoms with van der Waals surface area (Å²) in [6, 6.07) is 8.30. The summed E-state index contributed by atoms with van der Waals surface area (Å²) in [6.07, 6.45) is 1.86. The van der Waals surface area contributed by atoms with Crippen LogP contribution in [0.2, 0.25) is 0 Å². The fourth-order valence-corrected chi connectivity index (χ4v) is 1.79. The van der Waals surface area contributed by atoms with Crippen LogP contribution in [-0.4, -0.2) is 0 Å². The summed E-state index contributed by atoms with van der Waals surface area (Å²) in [5.74, 6) is 0. The first kappa shape index (κ1) is 6.62. The molecule has 0 N–H and O–H groups in total. The van der Waals surface area contributed by atoms with Gasteiger partial charge in [-0.3, -0.25) is 0 Å². The lowest BCUT2D eigenvalue weighted by Crippen LogP contribution is -1.67. The molecule has 11 heavy (non-hydrogen) atoms. The molecule has 0 saturated heterocycles. The maximum atomic E-state index is 3.72. The van der Waals surface area contributed by atoms with Gasteiger partial charge in [-0.15, -0.1) is 11.3 Å². The minimum Gasteiger partial charge on any atom is -0.134 e. The largest absolute Gasteiger partial charge is 0.134 e. The molecule has 0 aliphatic carbocycles. The van der Waals surface area contributed by atoms with Gasteiger partial charge in [0.25, 0.3) is 0 Å². The molecule has 0 atom stereocenters. The normalized spacial score (nSPS) is 10.2. The Labute approximate surface area is 69.8 Å². The van der Waals surface area contributed by atoms with Crippen LogP contribution in [0.3, 0.4) is 0 Å². The lowest BCUT2D eigenvalue weighted by molar-refractivity contribution is 1.78. The lowest BCUT2D eigenvalue weighted by atomic mass is 10.2. The first-order valence-corrected chi connectivity index (χ1v) is 4.24. The zero-order valence-electron chi connectivity index (χ0n) is 6.00. The molecule has 2 aromatic rings. The molecule has 1 aromatic carbocycles. The molecule has 1 radical (unpaired) electrons. The van der Waals surface area contributed by atoms with E-state index in [0.29, 0.717) is 0 Å². The molecule has 0 aliphatic rings. The standard InChI is InChI=1S/C10H7S/c1-2-8-3-4-9-5-6-11-10(9)7-8/h2-5,7H,1H2. The first-order chi connectivity index (χ1) is 5.40. The van der Waals surface area contributed by atoms with Crippen molar-refractivity contribution in [1.82, 2.24) is 0 Å². The third-order valence-electron chi connectivity index (χ3n) is 1.66. The Morgan fingerprint density at radius 1 is 1.45 bits per heavy atom. The molecule has 0 fully saturated rings. The second-order valence-electron chi connectivity index (χ2n) is 2.37. The maximum absolute atomic E-state index is 3.72. The molecule has 1 aromatic heterocycles. The quantitative estimate of drug-likeness (QED) is 0.598. The number of fused-ring (bicyclic) bond motifs is 1. The van der Waals surface area contributed by atoms with Gasteiger partial charge in [-0.1, -0.05) is 24.8 Å². The number of hydrogen-bond acceptors (Lipinski definition) is 1. The van der Waals surface area contributed by atoms with Crippen molar-refractivity contribution in [2.75, 3.05) is 0 Å². The van der Waals surface area contributed by atoms with E-state index >= 15 is 0 Å². The van der Waals surface area contributed by atoms with Crippen molar-refractivity contribution in [3.8, 4) is 0 Å². The zero-order valence-corrected chi connectivity index (χ0v) is 6.82. The monoisotopic (exact) mass is 159 g/mol. The summed E-state index contributed by atoms with van der Waals surface area (Å²) in [5.41, 5.74) is 1.17. The highest BCUT2D eigenvalue weighted by Crippen LogP contribution is 2.21. The Morgan fingerprint density at radius 2 is 2.36 bits per heavy atom. The van der Waals surface area contributed by atoms with E-state index in [9.17, 15) is 0 Å². The van der Waals surface area contributed by atoms with E-state index in [-0.39, 0.29) is 0 Å². The SMILES string of the molecule is C=Cc1ccc2c[c]sc2c1. The summed E-state index contributed by atoms with van der Waals surface area (Å²) in [6.45, 7) is 3.72. The van der Waals surface area contributed by atoms with Gasteiger partial charge in [0.05, 0.1) is 0 Å². The molecule has 53 valence electrons. The molecule has 0 aliphatic heterocycles. The van der Waals surface area contributed by atoms with Crippen molar-refractivity contribution in [2.24, 2.45) is 0 Å². The minimum atomic E-state index is 1.17. The topological polar surface area (TPSA) is 0 Å². The van der Waals surface area contributed by atoms with Crippen molar-refractivity contribution >= 4 is 27.5 Å². The average molecular weight is 159 g/mol. The summed E-state index contributed by atoms with van der Waals surface area (Å²) in [4.78, 5) is 0. The van der Waals surface area contributed by atoms with Crippen LogP contribution in [0.5, 0.6) is 0 Å². The van der Waals surface area contributed by atoms with Gasteiger partial charge in [-0.2, -0.15) is 0 Å². The predicted molar refractivity (Wildman–Crippen MR) is 50.8 cm³/mol. The van der Waals surface area contributed by atoms with Gasteiger partial charge in [-0.25, -0.2) is 0 Å². The van der Waals surface area contributed by atoms with E-state index in [2.05, 4.69) is 30.2 Å². The van der Waals surface area contributed by atoms with Crippen molar-refractivity contribution in [1.29, 1.82) is 0 Å². The number of benzene rings is 1. The Kier molecular flexibility index (Phi) is 1.51. The van der Waals surface area contributed by atoms with Gasteiger partial charge < -0.3 is 0 Å². The Balaban J connectivity index is 2.76. The van der Waals surface area contributed by atoms with E-state index in [1.165, 1.54) is 15.6 Å². The molecule has 0 amide bonds. The van der Waals surface area contributed by atoms with Crippen LogP contribution in [0.25, 0.3) is 16.2 Å². The molecule has 0 unspecified atom stereocenters. The third-order valence-corrected chi connectivity index (χ3v) is 2.47. The third kappa shape index (κ3) is 1.08. The van der Waals surface area contributed by atoms with Crippen LogP contribution in [-0.2, 0) is 0 Å². The smallest absolute Gasteiger partial charge is 0.0455 e. The Morgan fingerprint density at radius 3 is 3.18 bits per heavy atom. The fourth-order valence-electron chi connectivity index (χ4n) is 1.04. The van der Waals surface area contributed by atoms with E-state index < -0.39 is 0 Å². The fraction of sp³-hybridized carbons (Fsp3) is 0. The number of hydrogen-bond donors (Lipinski definition) is 0. The highest BCUT2D eigenvalue weighted by molar-refractivity contribution is 7.16. The molecular formula is C10H7S. The van der Waals surface area contributed by atoms with E-state index in [1.807, 2.05) is 12.1 Å². The molecule has 0 spiro atoms. The molecular weight excluding hydrogens is 152 g/mol. The predicted octanol–water partition coefficient (Wildman–Crippen LogP) is 3.34. The second-order valence-corrected chi connectivity index (χ2v) is 3.25. The van der Waals surface area contributed by atoms with Gasteiger partial charge in [0, 0.05) is 10.1 Å². The minimum absolute atomic E-state index is 1.17. The average Bonchev–Trinajstić information content (AvgIpc) is 2.50. The number of rotatable bonds is 1. The molecule has 1 heterocycles. The molecule has 1 heteroatoms. The molecule has 0 bridgehead atoms. The van der Waals surface area contributed by atoms with Gasteiger partial charge in [0.2, 0.25) is 0 Å². The molecule has 2 rings (SSSR count). The van der Waals surface area contributed by atoms with Crippen molar-refractivity contribution in [3.05, 3.63) is 41.8 Å². The Bertz CT molecular complexity index is 384. The number of thiophene rings is 1. The van der Waals surface area contributed by atoms with Gasteiger partial charge in [-0.05, 0) is 23.1 Å². The van der Waals surface area contributed by atoms with E-state index in [4.69, 9.17) is 0 Å². The second kappa shape index (κ2) is 2.51. The van der Waals surface area contributed by atoms with Crippen LogP contribution >= 0.6 is 11.3 Å². The van der Waals surface area contributed by atoms with Gasteiger partial charge in [0.15, 0.2) is 0 Å².